The van der Waals surface area contributed by atoms with E-state index in [0.717, 1.165) is 41.7 Å². The minimum absolute atomic E-state index is 0.0613. The summed E-state index contributed by atoms with van der Waals surface area (Å²) in [5, 5.41) is 18.4. The number of oxime groups is 1. The molecule has 50 heavy (non-hydrogen) atoms. The first kappa shape index (κ1) is 35.5. The van der Waals surface area contributed by atoms with Gasteiger partial charge in [0.25, 0.3) is 17.4 Å². The average Bonchev–Trinajstić information content (AvgIpc) is 3.77. The molecule has 4 aliphatic rings. The summed E-state index contributed by atoms with van der Waals surface area (Å²) in [4.78, 5) is 53.2. The number of hydroxylamine groups is 2. The average molecular weight is 735 g/mol. The normalized spacial score (nSPS) is 28.7. The van der Waals surface area contributed by atoms with Crippen LogP contribution in [0.25, 0.3) is 0 Å². The number of aliphatic carboxylic acids is 1. The van der Waals surface area contributed by atoms with E-state index in [9.17, 15) is 27.9 Å². The molecule has 1 aromatic heterocycles. The Balaban J connectivity index is 1.19. The largest absolute Gasteiger partial charge is 0.485 e. The molecule has 3 heterocycles. The molecule has 1 saturated heterocycles. The molecule has 270 valence electrons. The number of carbonyl (C=O) groups excluding carboxylic acids is 2. The number of benzene rings is 1. The van der Waals surface area contributed by atoms with Crippen LogP contribution in [0.5, 0.6) is 5.75 Å². The van der Waals surface area contributed by atoms with E-state index in [2.05, 4.69) is 19.7 Å². The van der Waals surface area contributed by atoms with Crippen molar-refractivity contribution < 1.29 is 46.3 Å². The van der Waals surface area contributed by atoms with Crippen LogP contribution in [-0.2, 0) is 40.3 Å². The number of β-lactam (4-membered cyclic amide) rings is 1. The first-order chi connectivity index (χ1) is 23.4. The molecule has 0 spiro atoms. The SMILES string of the molecule is CC(O/N=C(\C(=O)N[C@@H]1C(=O)N(OS(=O)(=O)O)C1(C)C)c1csc(N)n1)(C(=O)O)[C@H]1CCc2cc(C(N)=N[C@@H]3CC[C@@H](N)[C@@H]4C[C@@H]43)ccc2O1. The first-order valence-corrected chi connectivity index (χ1v) is 18.0. The number of thiazole rings is 1. The van der Waals surface area contributed by atoms with Crippen molar-refractivity contribution in [1.82, 2.24) is 15.4 Å². The van der Waals surface area contributed by atoms with E-state index in [1.165, 1.54) is 26.2 Å². The number of aryl methyl sites for hydroxylation is 1. The zero-order valence-electron chi connectivity index (χ0n) is 27.3. The van der Waals surface area contributed by atoms with Crippen LogP contribution in [0.3, 0.4) is 0 Å². The number of amidine groups is 1. The second-order valence-corrected chi connectivity index (χ2v) is 15.5. The second-order valence-electron chi connectivity index (χ2n) is 13.6. The monoisotopic (exact) mass is 734 g/mol. The number of anilines is 1. The molecular weight excluding hydrogens is 697 g/mol. The summed E-state index contributed by atoms with van der Waals surface area (Å²) in [5.74, 6) is -1.60. The van der Waals surface area contributed by atoms with Crippen LogP contribution in [0.15, 0.2) is 33.7 Å². The molecule has 2 amide bonds. The van der Waals surface area contributed by atoms with Gasteiger partial charge in [0, 0.05) is 17.0 Å². The van der Waals surface area contributed by atoms with Crippen LogP contribution >= 0.6 is 11.3 Å². The van der Waals surface area contributed by atoms with E-state index < -0.39 is 57.2 Å². The topological polar surface area (TPSA) is 284 Å². The van der Waals surface area contributed by atoms with Crippen molar-refractivity contribution in [2.75, 3.05) is 5.73 Å². The lowest BCUT2D eigenvalue weighted by Gasteiger charge is -2.50. The van der Waals surface area contributed by atoms with E-state index in [1.807, 2.05) is 6.07 Å². The quantitative estimate of drug-likeness (QED) is 0.0598. The smallest absolute Gasteiger partial charge is 0.418 e. The Labute approximate surface area is 290 Å². The second kappa shape index (κ2) is 12.7. The summed E-state index contributed by atoms with van der Waals surface area (Å²) in [6.07, 6.45) is 2.45. The zero-order valence-corrected chi connectivity index (χ0v) is 28.9. The molecule has 7 atom stereocenters. The fourth-order valence-corrected chi connectivity index (χ4v) is 7.71. The van der Waals surface area contributed by atoms with Gasteiger partial charge in [0.1, 0.15) is 23.3 Å². The van der Waals surface area contributed by atoms with Gasteiger partial charge in [-0.15, -0.1) is 15.6 Å². The fourth-order valence-electron chi connectivity index (χ4n) is 6.71. The highest BCUT2D eigenvalue weighted by atomic mass is 32.3. The highest BCUT2D eigenvalue weighted by molar-refractivity contribution is 7.80. The Morgan fingerprint density at radius 3 is 2.62 bits per heavy atom. The van der Waals surface area contributed by atoms with Crippen LogP contribution in [0.4, 0.5) is 5.13 Å². The van der Waals surface area contributed by atoms with Crippen molar-refractivity contribution >= 4 is 56.2 Å². The summed E-state index contributed by atoms with van der Waals surface area (Å²) in [6.45, 7) is 4.00. The molecule has 1 unspecified atom stereocenters. The Morgan fingerprint density at radius 2 is 1.98 bits per heavy atom. The number of nitrogens with two attached hydrogens (primary N) is 3. The maximum Gasteiger partial charge on any atom is 0.418 e. The lowest BCUT2D eigenvalue weighted by Crippen LogP contribution is -2.76. The maximum absolute atomic E-state index is 13.5. The number of carboxylic acid groups (broad SMARTS) is 1. The molecule has 2 aliphatic carbocycles. The van der Waals surface area contributed by atoms with Crippen molar-refractivity contribution in [3.63, 3.8) is 0 Å². The number of hydrogen-bond donors (Lipinski definition) is 6. The summed E-state index contributed by atoms with van der Waals surface area (Å²) in [5.41, 5.74) is 15.8. The van der Waals surface area contributed by atoms with Gasteiger partial charge in [-0.05, 0) is 88.5 Å². The Morgan fingerprint density at radius 1 is 1.24 bits per heavy atom. The number of hydrogen-bond acceptors (Lipinski definition) is 14. The van der Waals surface area contributed by atoms with Crippen LogP contribution in [0.2, 0.25) is 0 Å². The number of rotatable bonds is 11. The maximum atomic E-state index is 13.5. The molecule has 1 aromatic carbocycles. The minimum atomic E-state index is -5.03. The van der Waals surface area contributed by atoms with Crippen LogP contribution in [0, 0.1) is 11.8 Å². The predicted molar refractivity (Wildman–Crippen MR) is 178 cm³/mol. The third-order valence-electron chi connectivity index (χ3n) is 9.80. The summed E-state index contributed by atoms with van der Waals surface area (Å²) < 4.78 is 41.8. The van der Waals surface area contributed by atoms with E-state index in [4.69, 9.17) is 36.3 Å². The van der Waals surface area contributed by atoms with Crippen molar-refractivity contribution in [1.29, 1.82) is 0 Å². The van der Waals surface area contributed by atoms with Crippen molar-refractivity contribution in [3.05, 3.63) is 40.4 Å². The van der Waals surface area contributed by atoms with Gasteiger partial charge in [-0.2, -0.15) is 13.5 Å². The number of nitrogens with one attached hydrogen (secondary N) is 1. The summed E-state index contributed by atoms with van der Waals surface area (Å²) >= 11 is 0.968. The zero-order chi connectivity index (χ0) is 36.3. The fraction of sp³-hybridized carbons (Fsp3) is 0.533. The van der Waals surface area contributed by atoms with Gasteiger partial charge in [-0.25, -0.2) is 9.78 Å². The first-order valence-electron chi connectivity index (χ1n) is 15.8. The lowest BCUT2D eigenvalue weighted by atomic mass is 9.84. The minimum Gasteiger partial charge on any atom is -0.485 e. The number of nitrogens with zero attached hydrogens (tertiary/aromatic N) is 4. The molecule has 0 bridgehead atoms. The third kappa shape index (κ3) is 6.72. The molecule has 20 heteroatoms. The van der Waals surface area contributed by atoms with E-state index >= 15 is 0 Å². The third-order valence-corrected chi connectivity index (χ3v) is 10.8. The van der Waals surface area contributed by atoms with Gasteiger partial charge in [-0.3, -0.25) is 19.1 Å². The molecular formula is C30H38N8O10S2. The molecule has 2 aromatic rings. The van der Waals surface area contributed by atoms with Crippen molar-refractivity contribution in [3.8, 4) is 5.75 Å². The predicted octanol–water partition coefficient (Wildman–Crippen LogP) is 0.354. The number of carboxylic acids is 1. The van der Waals surface area contributed by atoms with Crippen molar-refractivity contribution in [2.45, 2.75) is 88.2 Å². The Kier molecular flexibility index (Phi) is 9.04. The van der Waals surface area contributed by atoms with Crippen molar-refractivity contribution in [2.24, 2.45) is 33.5 Å². The van der Waals surface area contributed by atoms with E-state index in [0.29, 0.717) is 34.9 Å². The number of aliphatic imine (C=N–C) groups is 1. The van der Waals surface area contributed by atoms with Gasteiger partial charge in [-0.1, -0.05) is 5.16 Å². The molecule has 6 rings (SSSR count). The molecule has 2 saturated carbocycles. The summed E-state index contributed by atoms with van der Waals surface area (Å²) in [7, 11) is -5.03. The van der Waals surface area contributed by atoms with Crippen LogP contribution < -0.4 is 27.3 Å². The summed E-state index contributed by atoms with van der Waals surface area (Å²) in [6, 6.07) is 4.38. The van der Waals surface area contributed by atoms with Crippen LogP contribution in [-0.4, -0.2) is 92.8 Å². The number of nitrogen functional groups attached to an aromatic ring is 1. The molecule has 2 aliphatic heterocycles. The number of aromatic nitrogens is 1. The van der Waals surface area contributed by atoms with Gasteiger partial charge in [0.2, 0.25) is 0 Å². The van der Waals surface area contributed by atoms with Gasteiger partial charge < -0.3 is 37.2 Å². The number of fused-ring (bicyclic) bond motifs is 2. The van der Waals surface area contributed by atoms with Gasteiger partial charge in [0.15, 0.2) is 16.9 Å². The highest BCUT2D eigenvalue weighted by Gasteiger charge is 2.58. The Hall–Kier alpha value is -4.37. The van der Waals surface area contributed by atoms with Gasteiger partial charge >= 0.3 is 16.4 Å². The molecule has 18 nitrogen and oxygen atoms in total. The number of ether oxygens (including phenoxy) is 1. The van der Waals surface area contributed by atoms with E-state index in [1.54, 1.807) is 12.1 Å². The van der Waals surface area contributed by atoms with Crippen LogP contribution in [0.1, 0.15) is 63.3 Å². The number of amides is 2. The molecule has 9 N–H and O–H groups in total. The molecule has 3 fully saturated rings. The lowest BCUT2D eigenvalue weighted by molar-refractivity contribution is -0.218. The molecule has 0 radical (unpaired) electrons. The highest BCUT2D eigenvalue weighted by Crippen LogP contribution is 2.50. The standard InChI is InChI=1S/C30H38N8O10S2/c1-29(2)23(26(40)38(29)48-50(43,44)45)36-25(39)22(19-12-49-28(33)35-19)37-47-30(3,27(41)42)21-9-5-13-10-14(4-8-20(13)46-21)24(32)34-18-7-6-17(31)15-11-16(15)18/h4,8,10,12,15-18,21,23H,5-7,9,11,31H2,1-3H3,(H2,32,34)(H2,33,35)(H,36,39)(H,41,42)(H,43,44,45)/b37-22-/t15-,16+,17-,18-,21-,23-,30?/m1/s1. The Bertz CT molecular complexity index is 1900. The van der Waals surface area contributed by atoms with Gasteiger partial charge in [0.05, 0.1) is 11.6 Å². The van der Waals surface area contributed by atoms with E-state index in [-0.39, 0.29) is 29.3 Å². The number of carbonyl (C=O) groups is 3.